The quantitative estimate of drug-likeness (QED) is 0.514. The van der Waals surface area contributed by atoms with Crippen molar-refractivity contribution in [3.05, 3.63) is 27.4 Å². The van der Waals surface area contributed by atoms with E-state index in [4.69, 9.17) is 17.3 Å². The van der Waals surface area contributed by atoms with Crippen LogP contribution in [0.2, 0.25) is 5.28 Å². The smallest absolute Gasteiger partial charge is 0.224 e. The van der Waals surface area contributed by atoms with Crippen LogP contribution in [-0.2, 0) is 11.0 Å². The molecule has 0 fully saturated rings. The van der Waals surface area contributed by atoms with Crippen molar-refractivity contribution in [2.75, 3.05) is 24.1 Å². The van der Waals surface area contributed by atoms with Crippen LogP contribution >= 0.6 is 38.9 Å². The van der Waals surface area contributed by atoms with Crippen LogP contribution in [0.15, 0.2) is 26.3 Å². The number of nitrogen functional groups attached to an aromatic ring is 1. The number of hydrogen-bond acceptors (Lipinski definition) is 6. The van der Waals surface area contributed by atoms with Crippen molar-refractivity contribution < 1.29 is 4.21 Å². The average Bonchev–Trinajstić information content (AvgIpc) is 2.85. The molecule has 0 bridgehead atoms. The van der Waals surface area contributed by atoms with Crippen LogP contribution in [0.1, 0.15) is 0 Å². The molecule has 0 aliphatic rings. The number of rotatable bonds is 6. The highest BCUT2D eigenvalue weighted by Crippen LogP contribution is 2.20. The maximum absolute atomic E-state index is 11.9. The van der Waals surface area contributed by atoms with E-state index in [1.807, 2.05) is 0 Å². The molecule has 0 spiro atoms. The van der Waals surface area contributed by atoms with Crippen LogP contribution in [-0.4, -0.2) is 27.3 Å². The summed E-state index contributed by atoms with van der Waals surface area (Å²) in [5.74, 6) is 0.595. The number of thiophene rings is 1. The summed E-state index contributed by atoms with van der Waals surface area (Å²) >= 11 is 10.4. The molecule has 4 N–H and O–H groups in total. The molecule has 2 aromatic rings. The molecule has 6 nitrogen and oxygen atoms in total. The Balaban J connectivity index is 1.79. The fourth-order valence-corrected chi connectivity index (χ4v) is 3.63. The van der Waals surface area contributed by atoms with Crippen molar-refractivity contribution in [2.45, 2.75) is 4.21 Å². The van der Waals surface area contributed by atoms with Crippen molar-refractivity contribution >= 4 is 61.4 Å². The Morgan fingerprint density at radius 1 is 1.50 bits per heavy atom. The number of halogens is 2. The molecule has 20 heavy (non-hydrogen) atoms. The van der Waals surface area contributed by atoms with E-state index in [0.29, 0.717) is 33.3 Å². The van der Waals surface area contributed by atoms with Gasteiger partial charge in [0, 0.05) is 30.4 Å². The molecule has 0 aromatic carbocycles. The second-order valence-electron chi connectivity index (χ2n) is 3.62. The molecule has 10 heteroatoms. The molecule has 1 atom stereocenters. The van der Waals surface area contributed by atoms with Crippen molar-refractivity contribution in [1.82, 2.24) is 14.7 Å². The summed E-state index contributed by atoms with van der Waals surface area (Å²) in [6.45, 7) is 1.04. The predicted octanol–water partition coefficient (Wildman–Crippen LogP) is 2.26. The lowest BCUT2D eigenvalue weighted by Crippen LogP contribution is -2.24. The third-order valence-corrected chi connectivity index (χ3v) is 5.34. The highest BCUT2D eigenvalue weighted by molar-refractivity contribution is 9.10. The third kappa shape index (κ3) is 4.38. The van der Waals surface area contributed by atoms with Gasteiger partial charge in [0.25, 0.3) is 0 Å². The highest BCUT2D eigenvalue weighted by atomic mass is 79.9. The minimum absolute atomic E-state index is 0.168. The molecule has 2 rings (SSSR count). The summed E-state index contributed by atoms with van der Waals surface area (Å²) in [6, 6.07) is 1.70. The molecule has 0 saturated carbocycles. The molecule has 0 saturated heterocycles. The number of anilines is 2. The fourth-order valence-electron chi connectivity index (χ4n) is 1.29. The largest absolute Gasteiger partial charge is 0.398 e. The predicted molar refractivity (Wildman–Crippen MR) is 86.4 cm³/mol. The van der Waals surface area contributed by atoms with E-state index < -0.39 is 11.0 Å². The van der Waals surface area contributed by atoms with E-state index in [2.05, 4.69) is 35.9 Å². The number of aromatic nitrogens is 2. The minimum atomic E-state index is -1.25. The van der Waals surface area contributed by atoms with Crippen LogP contribution < -0.4 is 15.8 Å². The molecule has 0 amide bonds. The second kappa shape index (κ2) is 7.32. The van der Waals surface area contributed by atoms with Gasteiger partial charge in [0.05, 0.1) is 4.47 Å². The SMILES string of the molecule is Nc1csc(S(=O)NCCNc2nc(Cl)ncc2Br)c1. The fraction of sp³-hybridized carbons (Fsp3) is 0.200. The molecule has 108 valence electrons. The lowest BCUT2D eigenvalue weighted by atomic mass is 10.5. The van der Waals surface area contributed by atoms with Gasteiger partial charge in [-0.25, -0.2) is 13.9 Å². The Morgan fingerprint density at radius 3 is 3.00 bits per heavy atom. The van der Waals surface area contributed by atoms with Crippen molar-refractivity contribution in [1.29, 1.82) is 0 Å². The van der Waals surface area contributed by atoms with Gasteiger partial charge in [-0.2, -0.15) is 4.98 Å². The van der Waals surface area contributed by atoms with Crippen molar-refractivity contribution in [3.8, 4) is 0 Å². The van der Waals surface area contributed by atoms with Crippen LogP contribution in [0, 0.1) is 0 Å². The zero-order valence-electron chi connectivity index (χ0n) is 10.1. The molecule has 0 radical (unpaired) electrons. The van der Waals surface area contributed by atoms with Gasteiger partial charge in [-0.15, -0.1) is 11.3 Å². The van der Waals surface area contributed by atoms with Gasteiger partial charge in [-0.3, -0.25) is 0 Å². The summed E-state index contributed by atoms with van der Waals surface area (Å²) in [5.41, 5.74) is 6.20. The zero-order chi connectivity index (χ0) is 14.5. The number of nitrogens with one attached hydrogen (secondary N) is 2. The van der Waals surface area contributed by atoms with Crippen LogP contribution in [0.3, 0.4) is 0 Å². The lowest BCUT2D eigenvalue weighted by Gasteiger charge is -2.07. The summed E-state index contributed by atoms with van der Waals surface area (Å²) in [5, 5.41) is 4.99. The summed E-state index contributed by atoms with van der Waals surface area (Å²) in [6.07, 6.45) is 1.57. The average molecular weight is 397 g/mol. The van der Waals surface area contributed by atoms with E-state index in [1.54, 1.807) is 17.6 Å². The van der Waals surface area contributed by atoms with Crippen molar-refractivity contribution in [2.24, 2.45) is 0 Å². The highest BCUT2D eigenvalue weighted by Gasteiger charge is 2.06. The minimum Gasteiger partial charge on any atom is -0.398 e. The zero-order valence-corrected chi connectivity index (χ0v) is 14.1. The molecule has 2 heterocycles. The summed E-state index contributed by atoms with van der Waals surface area (Å²) in [4.78, 5) is 7.86. The Kier molecular flexibility index (Phi) is 5.73. The first kappa shape index (κ1) is 15.6. The second-order valence-corrected chi connectivity index (χ2v) is 7.25. The Bertz CT molecular complexity index is 623. The molecular formula is C10H11BrClN5OS2. The first-order valence-electron chi connectivity index (χ1n) is 5.47. The van der Waals surface area contributed by atoms with Crippen LogP contribution in [0.25, 0.3) is 0 Å². The van der Waals surface area contributed by atoms with E-state index in [1.165, 1.54) is 11.3 Å². The van der Waals surface area contributed by atoms with E-state index in [0.717, 1.165) is 0 Å². The van der Waals surface area contributed by atoms with E-state index in [9.17, 15) is 4.21 Å². The molecule has 0 aliphatic heterocycles. The molecule has 0 aliphatic carbocycles. The van der Waals surface area contributed by atoms with Gasteiger partial charge < -0.3 is 11.1 Å². The number of hydrogen-bond donors (Lipinski definition) is 3. The van der Waals surface area contributed by atoms with Gasteiger partial charge in [0.2, 0.25) is 5.28 Å². The topological polar surface area (TPSA) is 92.9 Å². The van der Waals surface area contributed by atoms with Gasteiger partial charge >= 0.3 is 0 Å². The van der Waals surface area contributed by atoms with Gasteiger partial charge in [0.15, 0.2) is 0 Å². The maximum atomic E-state index is 11.9. The first-order valence-corrected chi connectivity index (χ1v) is 8.67. The summed E-state index contributed by atoms with van der Waals surface area (Å²) < 4.78 is 16.2. The number of nitrogens with two attached hydrogens (primary N) is 1. The Hall–Kier alpha value is -0.740. The van der Waals surface area contributed by atoms with Gasteiger partial charge in [0.1, 0.15) is 21.0 Å². The lowest BCUT2D eigenvalue weighted by molar-refractivity contribution is 0.674. The molecular weight excluding hydrogens is 386 g/mol. The maximum Gasteiger partial charge on any atom is 0.224 e. The van der Waals surface area contributed by atoms with Gasteiger partial charge in [-0.05, 0) is 33.6 Å². The Labute approximate surface area is 135 Å². The molecule has 2 aromatic heterocycles. The normalized spacial score (nSPS) is 12.3. The van der Waals surface area contributed by atoms with Crippen molar-refractivity contribution in [3.63, 3.8) is 0 Å². The first-order chi connectivity index (χ1) is 9.56. The monoisotopic (exact) mass is 395 g/mol. The standard InChI is InChI=1S/C10H11BrClN5OS2/c11-7-4-15-10(12)17-9(7)14-1-2-16-20(18)8-3-6(13)5-19-8/h3-5,16H,1-2,13H2,(H,14,15,17). The summed E-state index contributed by atoms with van der Waals surface area (Å²) in [7, 11) is -1.25. The van der Waals surface area contributed by atoms with E-state index in [-0.39, 0.29) is 5.28 Å². The van der Waals surface area contributed by atoms with E-state index >= 15 is 0 Å². The third-order valence-electron chi connectivity index (χ3n) is 2.14. The van der Waals surface area contributed by atoms with Crippen LogP contribution in [0.4, 0.5) is 11.5 Å². The Morgan fingerprint density at radius 2 is 2.30 bits per heavy atom. The van der Waals surface area contributed by atoms with Crippen LogP contribution in [0.5, 0.6) is 0 Å². The molecule has 1 unspecified atom stereocenters. The number of nitrogens with zero attached hydrogens (tertiary/aromatic N) is 2. The van der Waals surface area contributed by atoms with Gasteiger partial charge in [-0.1, -0.05) is 0 Å².